The predicted molar refractivity (Wildman–Crippen MR) is 55.9 cm³/mol. The maximum Gasteiger partial charge on any atom is 0.451 e. The van der Waals surface area contributed by atoms with Gasteiger partial charge in [0.1, 0.15) is 6.61 Å². The van der Waals surface area contributed by atoms with Crippen LogP contribution < -0.4 is 0 Å². The van der Waals surface area contributed by atoms with E-state index in [-0.39, 0.29) is 19.3 Å². The predicted octanol–water partition coefficient (Wildman–Crippen LogP) is 0.593. The van der Waals surface area contributed by atoms with E-state index < -0.39 is 13.1 Å². The van der Waals surface area contributed by atoms with E-state index in [1.165, 1.54) is 0 Å². The molecule has 2 N–H and O–H groups in total. The van der Waals surface area contributed by atoms with Crippen molar-refractivity contribution in [2.45, 2.75) is 19.3 Å². The van der Waals surface area contributed by atoms with E-state index >= 15 is 0 Å². The fraction of sp³-hybridized carbons (Fsp3) is 0.300. The Balaban J connectivity index is 2.23. The monoisotopic (exact) mass is 208 g/mol. The highest BCUT2D eigenvalue weighted by Gasteiger charge is 2.11. The minimum Gasteiger partial charge on any atom is -0.461 e. The molecule has 4 nitrogen and oxygen atoms in total. The first-order valence-corrected chi connectivity index (χ1v) is 4.74. The average Bonchev–Trinajstić information content (AvgIpc) is 2.25. The summed E-state index contributed by atoms with van der Waals surface area (Å²) in [5.41, 5.74) is 0.912. The normalized spacial score (nSPS) is 9.73. The lowest BCUT2D eigenvalue weighted by atomic mass is 9.85. The highest BCUT2D eigenvalue weighted by atomic mass is 16.5. The molecule has 0 saturated heterocycles. The lowest BCUT2D eigenvalue weighted by Gasteiger charge is -2.04. The summed E-state index contributed by atoms with van der Waals surface area (Å²) < 4.78 is 4.92. The van der Waals surface area contributed by atoms with Gasteiger partial charge < -0.3 is 14.8 Å². The van der Waals surface area contributed by atoms with E-state index in [0.29, 0.717) is 0 Å². The van der Waals surface area contributed by atoms with E-state index in [4.69, 9.17) is 14.8 Å². The quantitative estimate of drug-likeness (QED) is 0.549. The topological polar surface area (TPSA) is 66.8 Å². The molecule has 5 heteroatoms. The van der Waals surface area contributed by atoms with Crippen molar-refractivity contribution >= 4 is 13.1 Å². The van der Waals surface area contributed by atoms with Crippen LogP contribution in [0.4, 0.5) is 0 Å². The second-order valence-electron chi connectivity index (χ2n) is 3.17. The van der Waals surface area contributed by atoms with Gasteiger partial charge in [0.25, 0.3) is 0 Å². The number of ether oxygens (including phenoxy) is 1. The van der Waals surface area contributed by atoms with Gasteiger partial charge in [-0.2, -0.15) is 0 Å². The molecule has 80 valence electrons. The molecule has 0 unspecified atom stereocenters. The number of hydrogen-bond donors (Lipinski definition) is 2. The fourth-order valence-electron chi connectivity index (χ4n) is 1.06. The van der Waals surface area contributed by atoms with Gasteiger partial charge in [0.05, 0.1) is 0 Å². The Bertz CT molecular complexity index is 300. The molecule has 1 aromatic rings. The van der Waals surface area contributed by atoms with Crippen molar-refractivity contribution in [3.8, 4) is 0 Å². The van der Waals surface area contributed by atoms with Gasteiger partial charge in [-0.05, 0) is 11.9 Å². The van der Waals surface area contributed by atoms with Gasteiger partial charge in [-0.3, -0.25) is 4.79 Å². The molecule has 1 aromatic carbocycles. The van der Waals surface area contributed by atoms with Crippen molar-refractivity contribution in [3.63, 3.8) is 0 Å². The standard InChI is InChI=1S/C10H13BO4/c12-10(6-7-11(13)14)15-8-9-4-2-1-3-5-9/h1-5,13-14H,6-8H2. The molecule has 15 heavy (non-hydrogen) atoms. The maximum atomic E-state index is 11.1. The number of benzene rings is 1. The molecule has 0 aliphatic rings. The van der Waals surface area contributed by atoms with Crippen LogP contribution in [0, 0.1) is 0 Å². The smallest absolute Gasteiger partial charge is 0.451 e. The van der Waals surface area contributed by atoms with Gasteiger partial charge in [0.15, 0.2) is 0 Å². The molecule has 0 aliphatic carbocycles. The SMILES string of the molecule is O=C(CCB(O)O)OCc1ccccc1. The summed E-state index contributed by atoms with van der Waals surface area (Å²) in [6, 6.07) is 9.32. The van der Waals surface area contributed by atoms with Crippen LogP contribution in [0.5, 0.6) is 0 Å². The molecule has 0 fully saturated rings. The summed E-state index contributed by atoms with van der Waals surface area (Å²) in [5.74, 6) is -0.424. The van der Waals surface area contributed by atoms with E-state index in [1.54, 1.807) is 0 Å². The Morgan fingerprint density at radius 3 is 2.53 bits per heavy atom. The van der Waals surface area contributed by atoms with Crippen LogP contribution in [-0.4, -0.2) is 23.1 Å². The molecule has 0 bridgehead atoms. The first kappa shape index (κ1) is 11.7. The molecule has 0 saturated carbocycles. The van der Waals surface area contributed by atoms with Crippen LogP contribution in [0.25, 0.3) is 0 Å². The second-order valence-corrected chi connectivity index (χ2v) is 3.17. The molecule has 0 aliphatic heterocycles. The Morgan fingerprint density at radius 2 is 1.93 bits per heavy atom. The Hall–Kier alpha value is -1.33. The van der Waals surface area contributed by atoms with Crippen molar-refractivity contribution in [1.82, 2.24) is 0 Å². The zero-order valence-electron chi connectivity index (χ0n) is 8.30. The first-order chi connectivity index (χ1) is 7.18. The first-order valence-electron chi connectivity index (χ1n) is 4.74. The van der Waals surface area contributed by atoms with Crippen molar-refractivity contribution in [3.05, 3.63) is 35.9 Å². The molecule has 0 spiro atoms. The van der Waals surface area contributed by atoms with E-state index in [1.807, 2.05) is 30.3 Å². The maximum absolute atomic E-state index is 11.1. The summed E-state index contributed by atoms with van der Waals surface area (Å²) in [4.78, 5) is 11.1. The highest BCUT2D eigenvalue weighted by Crippen LogP contribution is 2.03. The highest BCUT2D eigenvalue weighted by molar-refractivity contribution is 6.41. The van der Waals surface area contributed by atoms with Crippen LogP contribution in [0.1, 0.15) is 12.0 Å². The third-order valence-corrected chi connectivity index (χ3v) is 1.85. The molecule has 0 radical (unpaired) electrons. The van der Waals surface area contributed by atoms with Crippen molar-refractivity contribution < 1.29 is 19.6 Å². The van der Waals surface area contributed by atoms with Crippen LogP contribution >= 0.6 is 0 Å². The minimum atomic E-state index is -1.45. The van der Waals surface area contributed by atoms with Crippen molar-refractivity contribution in [2.24, 2.45) is 0 Å². The third-order valence-electron chi connectivity index (χ3n) is 1.85. The van der Waals surface area contributed by atoms with Crippen LogP contribution in [0.2, 0.25) is 6.32 Å². The molecule has 0 amide bonds. The van der Waals surface area contributed by atoms with Crippen LogP contribution in [0.3, 0.4) is 0 Å². The summed E-state index contributed by atoms with van der Waals surface area (Å²) in [5, 5.41) is 17.1. The molecule has 0 heterocycles. The molecule has 1 rings (SSSR count). The van der Waals surface area contributed by atoms with Gasteiger partial charge in [0.2, 0.25) is 0 Å². The number of carbonyl (C=O) groups is 1. The number of hydrogen-bond acceptors (Lipinski definition) is 4. The van der Waals surface area contributed by atoms with Gasteiger partial charge in [-0.15, -0.1) is 0 Å². The summed E-state index contributed by atoms with van der Waals surface area (Å²) in [7, 11) is -1.45. The molecular weight excluding hydrogens is 195 g/mol. The molecule has 0 aromatic heterocycles. The number of carbonyl (C=O) groups excluding carboxylic acids is 1. The van der Waals surface area contributed by atoms with Gasteiger partial charge >= 0.3 is 13.1 Å². The van der Waals surface area contributed by atoms with Crippen LogP contribution in [-0.2, 0) is 16.1 Å². The zero-order chi connectivity index (χ0) is 11.1. The third kappa shape index (κ3) is 5.19. The lowest BCUT2D eigenvalue weighted by molar-refractivity contribution is -0.144. The lowest BCUT2D eigenvalue weighted by Crippen LogP contribution is -2.14. The molecular formula is C10H13BO4. The largest absolute Gasteiger partial charge is 0.461 e. The summed E-state index contributed by atoms with van der Waals surface area (Å²) >= 11 is 0. The van der Waals surface area contributed by atoms with E-state index in [0.717, 1.165) is 5.56 Å². The van der Waals surface area contributed by atoms with Crippen molar-refractivity contribution in [1.29, 1.82) is 0 Å². The molecule has 0 atom stereocenters. The average molecular weight is 208 g/mol. The number of rotatable bonds is 5. The number of esters is 1. The van der Waals surface area contributed by atoms with Crippen molar-refractivity contribution in [2.75, 3.05) is 0 Å². The zero-order valence-corrected chi connectivity index (χ0v) is 8.30. The Morgan fingerprint density at radius 1 is 1.27 bits per heavy atom. The van der Waals surface area contributed by atoms with Gasteiger partial charge in [-0.1, -0.05) is 30.3 Å². The van der Waals surface area contributed by atoms with E-state index in [9.17, 15) is 4.79 Å². The Labute approximate surface area is 88.6 Å². The van der Waals surface area contributed by atoms with Gasteiger partial charge in [-0.25, -0.2) is 0 Å². The van der Waals surface area contributed by atoms with Crippen LogP contribution in [0.15, 0.2) is 30.3 Å². The fourth-order valence-corrected chi connectivity index (χ4v) is 1.06. The second kappa shape index (κ2) is 6.21. The Kier molecular flexibility index (Phi) is 4.87. The van der Waals surface area contributed by atoms with Gasteiger partial charge in [0, 0.05) is 6.42 Å². The van der Waals surface area contributed by atoms with E-state index in [2.05, 4.69) is 0 Å². The summed E-state index contributed by atoms with van der Waals surface area (Å²) in [6.45, 7) is 0.223. The minimum absolute atomic E-state index is 0.00756. The summed E-state index contributed by atoms with van der Waals surface area (Å²) in [6.07, 6.45) is 0.0259.